The average Bonchev–Trinajstić information content (AvgIpc) is 2.36. The Bertz CT molecular complexity index is 411. The maximum absolute atomic E-state index is 12.5. The van der Waals surface area contributed by atoms with E-state index in [-0.39, 0.29) is 11.4 Å². The van der Waals surface area contributed by atoms with Gasteiger partial charge in [-0.3, -0.25) is 4.79 Å². The van der Waals surface area contributed by atoms with Crippen LogP contribution in [0.2, 0.25) is 0 Å². The Hall–Kier alpha value is -1.30. The molecule has 0 aromatic carbocycles. The highest BCUT2D eigenvalue weighted by Gasteiger charge is 2.55. The molecule has 4 aliphatic rings. The Labute approximate surface area is 114 Å². The highest BCUT2D eigenvalue weighted by atomic mass is 16.5. The van der Waals surface area contributed by atoms with Crippen LogP contribution >= 0.6 is 0 Å². The molecule has 4 aliphatic carbocycles. The third kappa shape index (κ3) is 2.18. The Balaban J connectivity index is 1.74. The topological polar surface area (TPSA) is 50.1 Å². The van der Waals surface area contributed by atoms with Crippen molar-refractivity contribution in [3.8, 4) is 6.07 Å². The van der Waals surface area contributed by atoms with Gasteiger partial charge in [-0.25, -0.2) is 0 Å². The lowest BCUT2D eigenvalue weighted by Gasteiger charge is -2.55. The van der Waals surface area contributed by atoms with Crippen LogP contribution < -0.4 is 0 Å². The van der Waals surface area contributed by atoms with Crippen molar-refractivity contribution in [3.05, 3.63) is 12.2 Å². The van der Waals surface area contributed by atoms with E-state index >= 15 is 0 Å². The van der Waals surface area contributed by atoms with E-state index in [0.29, 0.717) is 0 Å². The molecular formula is C16H21NO2. The predicted octanol–water partition coefficient (Wildman–Crippen LogP) is 3.21. The van der Waals surface area contributed by atoms with Gasteiger partial charge in [-0.05, 0) is 69.3 Å². The fourth-order valence-electron chi connectivity index (χ4n) is 4.88. The van der Waals surface area contributed by atoms with Gasteiger partial charge < -0.3 is 4.74 Å². The number of ether oxygens (including phenoxy) is 1. The van der Waals surface area contributed by atoms with Crippen LogP contribution in [0.3, 0.4) is 0 Å². The van der Waals surface area contributed by atoms with Crippen molar-refractivity contribution >= 4 is 5.97 Å². The van der Waals surface area contributed by atoms with E-state index in [2.05, 4.69) is 0 Å². The number of nitriles is 1. The van der Waals surface area contributed by atoms with Crippen molar-refractivity contribution in [1.82, 2.24) is 0 Å². The summed E-state index contributed by atoms with van der Waals surface area (Å²) in [5, 5.41) is 9.01. The lowest BCUT2D eigenvalue weighted by molar-refractivity contribution is -0.172. The number of hydrogen-bond acceptors (Lipinski definition) is 3. The fourth-order valence-corrected chi connectivity index (χ4v) is 4.88. The van der Waals surface area contributed by atoms with Gasteiger partial charge in [-0.1, -0.05) is 6.08 Å². The summed E-state index contributed by atoms with van der Waals surface area (Å²) < 4.78 is 5.44. The maximum atomic E-state index is 12.5. The van der Waals surface area contributed by atoms with Crippen LogP contribution in [0.1, 0.15) is 45.4 Å². The Kier molecular flexibility index (Phi) is 3.12. The zero-order chi connectivity index (χ0) is 13.5. The molecule has 102 valence electrons. The number of esters is 1. The minimum absolute atomic E-state index is 0.115. The summed E-state index contributed by atoms with van der Waals surface area (Å²) in [6.45, 7) is 1.84. The van der Waals surface area contributed by atoms with Gasteiger partial charge in [-0.15, -0.1) is 0 Å². The summed E-state index contributed by atoms with van der Waals surface area (Å²) in [5.41, 5.74) is -0.259. The van der Waals surface area contributed by atoms with E-state index in [1.807, 2.05) is 13.0 Å². The van der Waals surface area contributed by atoms with Gasteiger partial charge >= 0.3 is 5.97 Å². The second-order valence-electron chi connectivity index (χ2n) is 6.68. The van der Waals surface area contributed by atoms with Gasteiger partial charge in [0.25, 0.3) is 0 Å². The molecule has 0 radical (unpaired) electrons. The molecule has 0 amide bonds. The summed E-state index contributed by atoms with van der Waals surface area (Å²) in [4.78, 5) is 12.5. The molecule has 0 heterocycles. The molecule has 1 atom stereocenters. The second-order valence-corrected chi connectivity index (χ2v) is 6.68. The van der Waals surface area contributed by atoms with Crippen LogP contribution in [-0.2, 0) is 9.53 Å². The van der Waals surface area contributed by atoms with Crippen molar-refractivity contribution in [1.29, 1.82) is 5.26 Å². The van der Waals surface area contributed by atoms with Gasteiger partial charge in [0.15, 0.2) is 0 Å². The molecule has 4 fully saturated rings. The van der Waals surface area contributed by atoms with Crippen LogP contribution in [0.25, 0.3) is 0 Å². The lowest BCUT2D eigenvalue weighted by atomic mass is 9.49. The first-order valence-corrected chi connectivity index (χ1v) is 7.39. The number of nitrogens with zero attached hydrogens (tertiary/aromatic N) is 1. The highest BCUT2D eigenvalue weighted by Crippen LogP contribution is 2.60. The molecule has 0 aromatic rings. The van der Waals surface area contributed by atoms with Crippen LogP contribution in [0.4, 0.5) is 0 Å². The van der Waals surface area contributed by atoms with E-state index < -0.39 is 6.10 Å². The molecule has 0 aromatic heterocycles. The molecule has 3 nitrogen and oxygen atoms in total. The summed E-state index contributed by atoms with van der Waals surface area (Å²) in [7, 11) is 0. The zero-order valence-corrected chi connectivity index (χ0v) is 11.5. The second kappa shape index (κ2) is 4.67. The average molecular weight is 259 g/mol. The monoisotopic (exact) mass is 259 g/mol. The molecule has 0 saturated heterocycles. The number of rotatable bonds is 3. The quantitative estimate of drug-likeness (QED) is 0.577. The molecule has 0 spiro atoms. The minimum atomic E-state index is -0.717. The minimum Gasteiger partial charge on any atom is -0.442 e. The molecule has 3 heteroatoms. The SMILES string of the molecule is C/C=C/C(C#N)OC(=O)C12CC3CC(CC(C3)C1)C2. The first-order chi connectivity index (χ1) is 9.15. The predicted molar refractivity (Wildman–Crippen MR) is 70.9 cm³/mol. The number of hydrogen-bond donors (Lipinski definition) is 0. The van der Waals surface area contributed by atoms with Gasteiger partial charge in [-0.2, -0.15) is 5.26 Å². The summed E-state index contributed by atoms with van der Waals surface area (Å²) >= 11 is 0. The Morgan fingerprint density at radius 1 is 1.26 bits per heavy atom. The van der Waals surface area contributed by atoms with Crippen molar-refractivity contribution in [2.75, 3.05) is 0 Å². The number of carbonyl (C=O) groups excluding carboxylic acids is 1. The van der Waals surface area contributed by atoms with Gasteiger partial charge in [0.05, 0.1) is 5.41 Å². The number of allylic oxidation sites excluding steroid dienone is 1. The van der Waals surface area contributed by atoms with E-state index in [1.165, 1.54) is 19.3 Å². The molecule has 4 bridgehead atoms. The van der Waals surface area contributed by atoms with Crippen LogP contribution in [0, 0.1) is 34.5 Å². The summed E-state index contributed by atoms with van der Waals surface area (Å²) in [6, 6.07) is 2.04. The van der Waals surface area contributed by atoms with Crippen molar-refractivity contribution in [3.63, 3.8) is 0 Å². The molecule has 4 rings (SSSR count). The lowest BCUT2D eigenvalue weighted by Crippen LogP contribution is -2.51. The molecule has 19 heavy (non-hydrogen) atoms. The smallest absolute Gasteiger partial charge is 0.313 e. The fraction of sp³-hybridized carbons (Fsp3) is 0.750. The van der Waals surface area contributed by atoms with Gasteiger partial charge in [0.1, 0.15) is 6.07 Å². The molecular weight excluding hydrogens is 238 g/mol. The Morgan fingerprint density at radius 2 is 1.79 bits per heavy atom. The molecule has 1 unspecified atom stereocenters. The first-order valence-electron chi connectivity index (χ1n) is 7.39. The van der Waals surface area contributed by atoms with E-state index in [9.17, 15) is 4.79 Å². The standard InChI is InChI=1S/C16H21NO2/c1-2-3-14(10-17)19-15(18)16-7-11-4-12(8-16)6-13(5-11)9-16/h2-3,11-14H,4-9H2,1H3/b3-2+. The third-order valence-corrected chi connectivity index (χ3v) is 5.20. The van der Waals surface area contributed by atoms with Gasteiger partial charge in [0.2, 0.25) is 6.10 Å². The van der Waals surface area contributed by atoms with Crippen LogP contribution in [-0.4, -0.2) is 12.1 Å². The van der Waals surface area contributed by atoms with E-state index in [0.717, 1.165) is 37.0 Å². The van der Waals surface area contributed by atoms with E-state index in [1.54, 1.807) is 12.2 Å². The van der Waals surface area contributed by atoms with Crippen molar-refractivity contribution in [2.24, 2.45) is 23.2 Å². The van der Waals surface area contributed by atoms with Crippen molar-refractivity contribution < 1.29 is 9.53 Å². The van der Waals surface area contributed by atoms with Gasteiger partial charge in [0, 0.05) is 0 Å². The summed E-state index contributed by atoms with van der Waals surface area (Å²) in [5.74, 6) is 2.06. The summed E-state index contributed by atoms with van der Waals surface area (Å²) in [6.07, 6.45) is 9.60. The van der Waals surface area contributed by atoms with E-state index in [4.69, 9.17) is 10.00 Å². The molecule has 0 N–H and O–H groups in total. The molecule has 4 saturated carbocycles. The largest absolute Gasteiger partial charge is 0.442 e. The normalized spacial score (nSPS) is 41.2. The Morgan fingerprint density at radius 3 is 2.21 bits per heavy atom. The third-order valence-electron chi connectivity index (χ3n) is 5.20. The molecule has 0 aliphatic heterocycles. The maximum Gasteiger partial charge on any atom is 0.313 e. The van der Waals surface area contributed by atoms with Crippen molar-refractivity contribution in [2.45, 2.75) is 51.6 Å². The van der Waals surface area contributed by atoms with Crippen LogP contribution in [0.5, 0.6) is 0 Å². The zero-order valence-electron chi connectivity index (χ0n) is 11.5. The highest BCUT2D eigenvalue weighted by molar-refractivity contribution is 5.78. The number of carbonyl (C=O) groups is 1. The van der Waals surface area contributed by atoms with Crippen LogP contribution in [0.15, 0.2) is 12.2 Å². The first kappa shape index (κ1) is 12.7.